The van der Waals surface area contributed by atoms with Crippen LogP contribution in [0.3, 0.4) is 0 Å². The third kappa shape index (κ3) is 1.11. The van der Waals surface area contributed by atoms with E-state index >= 15 is 0 Å². The van der Waals surface area contributed by atoms with Gasteiger partial charge in [-0.25, -0.2) is 0 Å². The van der Waals surface area contributed by atoms with E-state index in [4.69, 9.17) is 15.2 Å². The van der Waals surface area contributed by atoms with E-state index in [2.05, 4.69) is 0 Å². The van der Waals surface area contributed by atoms with Crippen molar-refractivity contribution in [3.63, 3.8) is 0 Å². The van der Waals surface area contributed by atoms with Crippen molar-refractivity contribution in [2.24, 2.45) is 5.73 Å². The third-order valence-corrected chi connectivity index (χ3v) is 2.90. The molecule has 0 saturated heterocycles. The van der Waals surface area contributed by atoms with Crippen LogP contribution in [0.25, 0.3) is 0 Å². The molecule has 0 spiro atoms. The third-order valence-electron chi connectivity index (χ3n) is 2.90. The van der Waals surface area contributed by atoms with Gasteiger partial charge in [-0.2, -0.15) is 0 Å². The molecule has 3 rings (SSSR count). The number of rotatable bonds is 1. The first-order valence-corrected chi connectivity index (χ1v) is 5.01. The molecule has 0 aliphatic carbocycles. The molecule has 2 N–H and O–H groups in total. The van der Waals surface area contributed by atoms with Gasteiger partial charge in [0.25, 0.3) is 5.91 Å². The van der Waals surface area contributed by atoms with Crippen molar-refractivity contribution in [3.05, 3.63) is 22.8 Å². The Morgan fingerprint density at radius 1 is 1.27 bits per heavy atom. The molecule has 2 aliphatic heterocycles. The zero-order valence-corrected chi connectivity index (χ0v) is 8.21. The standard InChI is InChI=1S/C11H11NO3/c12-11(13)9-7-2-4-14-8(7)5-6-1-3-15-10(6)9/h5H,1-4H2,(H2,12,13). The zero-order chi connectivity index (χ0) is 10.4. The maximum atomic E-state index is 11.4. The van der Waals surface area contributed by atoms with Crippen molar-refractivity contribution in [3.8, 4) is 11.5 Å². The van der Waals surface area contributed by atoms with Crippen LogP contribution in [-0.4, -0.2) is 19.1 Å². The molecule has 78 valence electrons. The van der Waals surface area contributed by atoms with Gasteiger partial charge in [-0.05, 0) is 6.07 Å². The molecule has 1 aromatic carbocycles. The lowest BCUT2D eigenvalue weighted by Crippen LogP contribution is -2.14. The highest BCUT2D eigenvalue weighted by atomic mass is 16.5. The summed E-state index contributed by atoms with van der Waals surface area (Å²) in [5.41, 5.74) is 7.85. The molecule has 0 atom stereocenters. The molecule has 1 amide bonds. The molecular formula is C11H11NO3. The number of carbonyl (C=O) groups is 1. The minimum absolute atomic E-state index is 0.421. The molecular weight excluding hydrogens is 194 g/mol. The summed E-state index contributed by atoms with van der Waals surface area (Å²) in [6.07, 6.45) is 1.57. The predicted octanol–water partition coefficient (Wildman–Crippen LogP) is 0.655. The summed E-state index contributed by atoms with van der Waals surface area (Å²) < 4.78 is 10.9. The molecule has 0 bridgehead atoms. The quantitative estimate of drug-likeness (QED) is 0.732. The van der Waals surface area contributed by atoms with Crippen LogP contribution in [0, 0.1) is 0 Å². The molecule has 4 nitrogen and oxygen atoms in total. The average Bonchev–Trinajstić information content (AvgIpc) is 2.79. The van der Waals surface area contributed by atoms with Gasteiger partial charge in [-0.3, -0.25) is 4.79 Å². The lowest BCUT2D eigenvalue weighted by Gasteiger charge is -2.09. The maximum absolute atomic E-state index is 11.4. The Hall–Kier alpha value is -1.71. The van der Waals surface area contributed by atoms with Crippen molar-refractivity contribution in [2.45, 2.75) is 12.8 Å². The first-order chi connectivity index (χ1) is 7.27. The monoisotopic (exact) mass is 205 g/mol. The number of ether oxygens (including phenoxy) is 2. The number of hydrogen-bond acceptors (Lipinski definition) is 3. The van der Waals surface area contributed by atoms with Gasteiger partial charge in [-0.15, -0.1) is 0 Å². The highest BCUT2D eigenvalue weighted by Crippen LogP contribution is 2.40. The van der Waals surface area contributed by atoms with E-state index in [1.165, 1.54) is 0 Å². The molecule has 0 unspecified atom stereocenters. The molecule has 15 heavy (non-hydrogen) atoms. The summed E-state index contributed by atoms with van der Waals surface area (Å²) in [6.45, 7) is 1.25. The van der Waals surface area contributed by atoms with E-state index in [1.54, 1.807) is 0 Å². The predicted molar refractivity (Wildman–Crippen MR) is 53.4 cm³/mol. The van der Waals surface area contributed by atoms with Crippen molar-refractivity contribution >= 4 is 5.91 Å². The molecule has 0 aromatic heterocycles. The van der Waals surface area contributed by atoms with Crippen molar-refractivity contribution in [1.29, 1.82) is 0 Å². The molecule has 0 radical (unpaired) electrons. The van der Waals surface area contributed by atoms with E-state index < -0.39 is 5.91 Å². The van der Waals surface area contributed by atoms with Gasteiger partial charge >= 0.3 is 0 Å². The molecule has 4 heteroatoms. The van der Waals surface area contributed by atoms with Crippen LogP contribution in [0.2, 0.25) is 0 Å². The van der Waals surface area contributed by atoms with E-state index in [0.717, 1.165) is 29.7 Å². The van der Waals surface area contributed by atoms with Crippen LogP contribution in [0.15, 0.2) is 6.07 Å². The number of nitrogens with two attached hydrogens (primary N) is 1. The Morgan fingerprint density at radius 2 is 2.07 bits per heavy atom. The lowest BCUT2D eigenvalue weighted by atomic mass is 9.99. The second kappa shape index (κ2) is 2.89. The van der Waals surface area contributed by atoms with Crippen molar-refractivity contribution in [2.75, 3.05) is 13.2 Å². The topological polar surface area (TPSA) is 61.6 Å². The molecule has 1 aromatic rings. The van der Waals surface area contributed by atoms with Gasteiger partial charge in [0.15, 0.2) is 0 Å². The smallest absolute Gasteiger partial charge is 0.252 e. The van der Waals surface area contributed by atoms with Crippen molar-refractivity contribution in [1.82, 2.24) is 0 Å². The van der Waals surface area contributed by atoms with Crippen molar-refractivity contribution < 1.29 is 14.3 Å². The Balaban J connectivity index is 2.29. The highest BCUT2D eigenvalue weighted by Gasteiger charge is 2.28. The van der Waals surface area contributed by atoms with Gasteiger partial charge < -0.3 is 15.2 Å². The summed E-state index contributed by atoms with van der Waals surface area (Å²) in [5.74, 6) is 1.05. The van der Waals surface area contributed by atoms with Crippen LogP contribution >= 0.6 is 0 Å². The van der Waals surface area contributed by atoms with Gasteiger partial charge in [0, 0.05) is 24.0 Å². The summed E-state index contributed by atoms with van der Waals surface area (Å²) in [6, 6.07) is 1.97. The molecule has 0 saturated carbocycles. The van der Waals surface area contributed by atoms with Gasteiger partial charge in [0.2, 0.25) is 0 Å². The van der Waals surface area contributed by atoms with Crippen LogP contribution in [0.5, 0.6) is 11.5 Å². The van der Waals surface area contributed by atoms with E-state index in [0.29, 0.717) is 24.5 Å². The van der Waals surface area contributed by atoms with Gasteiger partial charge in [0.05, 0.1) is 18.8 Å². The normalized spacial score (nSPS) is 16.5. The fourth-order valence-corrected chi connectivity index (χ4v) is 2.25. The van der Waals surface area contributed by atoms with E-state index in [-0.39, 0.29) is 0 Å². The average molecular weight is 205 g/mol. The highest BCUT2D eigenvalue weighted by molar-refractivity contribution is 5.99. The number of fused-ring (bicyclic) bond motifs is 2. The zero-order valence-electron chi connectivity index (χ0n) is 8.21. The lowest BCUT2D eigenvalue weighted by molar-refractivity contribution is 0.0996. The first kappa shape index (κ1) is 8.59. The number of benzene rings is 1. The van der Waals surface area contributed by atoms with E-state index in [1.807, 2.05) is 6.07 Å². The van der Waals surface area contributed by atoms with E-state index in [9.17, 15) is 4.79 Å². The molecule has 0 fully saturated rings. The Morgan fingerprint density at radius 3 is 2.87 bits per heavy atom. The van der Waals surface area contributed by atoms with Crippen LogP contribution < -0.4 is 15.2 Å². The second-order valence-electron chi connectivity index (χ2n) is 3.78. The molecule has 2 aliphatic rings. The van der Waals surface area contributed by atoms with Gasteiger partial charge in [0.1, 0.15) is 11.5 Å². The number of amides is 1. The van der Waals surface area contributed by atoms with Crippen LogP contribution in [0.4, 0.5) is 0 Å². The largest absolute Gasteiger partial charge is 0.493 e. The number of hydrogen-bond donors (Lipinski definition) is 1. The summed E-state index contributed by atoms with van der Waals surface area (Å²) >= 11 is 0. The fraction of sp³-hybridized carbons (Fsp3) is 0.364. The number of primary amides is 1. The summed E-state index contributed by atoms with van der Waals surface area (Å²) in [4.78, 5) is 11.4. The Bertz CT molecular complexity index is 421. The molecule has 2 heterocycles. The first-order valence-electron chi connectivity index (χ1n) is 5.01. The SMILES string of the molecule is NC(=O)c1c2c(cc3c1OCC3)OCC2. The van der Waals surface area contributed by atoms with Gasteiger partial charge in [-0.1, -0.05) is 0 Å². The van der Waals surface area contributed by atoms with Crippen LogP contribution in [0.1, 0.15) is 21.5 Å². The minimum Gasteiger partial charge on any atom is -0.493 e. The number of carbonyl (C=O) groups excluding carboxylic acids is 1. The minimum atomic E-state index is -0.421. The maximum Gasteiger partial charge on any atom is 0.252 e. The summed E-state index contributed by atoms with van der Waals surface area (Å²) in [7, 11) is 0. The fourth-order valence-electron chi connectivity index (χ4n) is 2.25. The Kier molecular flexibility index (Phi) is 1.65. The van der Waals surface area contributed by atoms with Crippen LogP contribution in [-0.2, 0) is 12.8 Å². The Labute approximate surface area is 87.0 Å². The second-order valence-corrected chi connectivity index (χ2v) is 3.78. The summed E-state index contributed by atoms with van der Waals surface area (Å²) in [5, 5.41) is 0.